The Kier molecular flexibility index (Phi) is 3.67. The fourth-order valence-corrected chi connectivity index (χ4v) is 3.84. The number of carboxylic acids is 1. The highest BCUT2D eigenvalue weighted by atomic mass is 32.2. The van der Waals surface area contributed by atoms with Gasteiger partial charge in [0, 0.05) is 24.9 Å². The molecule has 0 spiro atoms. The molecule has 2 heterocycles. The van der Waals surface area contributed by atoms with Gasteiger partial charge >= 0.3 is 5.97 Å². The highest BCUT2D eigenvalue weighted by molar-refractivity contribution is 7.89. The van der Waals surface area contributed by atoms with Crippen LogP contribution < -0.4 is 0 Å². The molecule has 0 aromatic carbocycles. The molecule has 18 heavy (non-hydrogen) atoms. The van der Waals surface area contributed by atoms with Crippen molar-refractivity contribution in [2.75, 3.05) is 12.3 Å². The third-order valence-corrected chi connectivity index (χ3v) is 4.95. The van der Waals surface area contributed by atoms with Gasteiger partial charge in [0.1, 0.15) is 6.04 Å². The molecule has 0 bridgehead atoms. The number of aromatic nitrogens is 2. The summed E-state index contributed by atoms with van der Waals surface area (Å²) in [5, 5.41) is 9.22. The van der Waals surface area contributed by atoms with E-state index in [-0.39, 0.29) is 18.7 Å². The molecule has 0 radical (unpaired) electrons. The highest BCUT2D eigenvalue weighted by Gasteiger charge is 2.36. The second kappa shape index (κ2) is 5.07. The first-order chi connectivity index (χ1) is 8.50. The number of aliphatic carboxylic acids is 1. The monoisotopic (exact) mass is 273 g/mol. The van der Waals surface area contributed by atoms with E-state index in [0.29, 0.717) is 18.5 Å². The Morgan fingerprint density at radius 3 is 2.89 bits per heavy atom. The van der Waals surface area contributed by atoms with Gasteiger partial charge in [-0.15, -0.1) is 0 Å². The van der Waals surface area contributed by atoms with Crippen LogP contribution >= 0.6 is 0 Å². The molecule has 7 nitrogen and oxygen atoms in total. The maximum atomic E-state index is 11.9. The van der Waals surface area contributed by atoms with Gasteiger partial charge in [0.25, 0.3) is 0 Å². The fraction of sp³-hybridized carbons (Fsp3) is 0.600. The molecule has 1 atom stereocenters. The highest BCUT2D eigenvalue weighted by Crippen LogP contribution is 2.19. The van der Waals surface area contributed by atoms with Crippen LogP contribution in [0.3, 0.4) is 0 Å². The Morgan fingerprint density at radius 2 is 2.33 bits per heavy atom. The molecular formula is C10H15N3O4S. The first kappa shape index (κ1) is 13.0. The first-order valence-corrected chi connectivity index (χ1v) is 7.31. The molecule has 1 aromatic heterocycles. The van der Waals surface area contributed by atoms with Crippen molar-refractivity contribution in [2.24, 2.45) is 0 Å². The number of imidazole rings is 1. The average Bonchev–Trinajstić information content (AvgIpc) is 2.78. The summed E-state index contributed by atoms with van der Waals surface area (Å²) in [5.74, 6) is -1.10. The lowest BCUT2D eigenvalue weighted by atomic mass is 10.1. The molecular weight excluding hydrogens is 258 g/mol. The van der Waals surface area contributed by atoms with Crippen LogP contribution in [0.2, 0.25) is 0 Å². The van der Waals surface area contributed by atoms with Crippen molar-refractivity contribution in [3.8, 4) is 0 Å². The summed E-state index contributed by atoms with van der Waals surface area (Å²) in [6, 6.07) is -1.06. The first-order valence-electron chi connectivity index (χ1n) is 5.70. The van der Waals surface area contributed by atoms with Crippen LogP contribution in [0.15, 0.2) is 12.5 Å². The summed E-state index contributed by atoms with van der Waals surface area (Å²) in [4.78, 5) is 17.9. The van der Waals surface area contributed by atoms with Gasteiger partial charge in [-0.05, 0) is 12.8 Å². The number of nitrogens with zero attached hydrogens (tertiary/aromatic N) is 2. The SMILES string of the molecule is O=C(O)C(Cc1cnc[nH]1)N1CCCCS1(=O)=O. The third-order valence-electron chi connectivity index (χ3n) is 2.99. The summed E-state index contributed by atoms with van der Waals surface area (Å²) in [7, 11) is -3.45. The molecule has 1 unspecified atom stereocenters. The topological polar surface area (TPSA) is 103 Å². The molecule has 0 saturated carbocycles. The molecule has 2 N–H and O–H groups in total. The van der Waals surface area contributed by atoms with Gasteiger partial charge in [-0.1, -0.05) is 0 Å². The number of rotatable bonds is 4. The molecule has 1 fully saturated rings. The molecule has 0 aliphatic carbocycles. The van der Waals surface area contributed by atoms with Gasteiger partial charge in [0.2, 0.25) is 10.0 Å². The van der Waals surface area contributed by atoms with Crippen molar-refractivity contribution >= 4 is 16.0 Å². The predicted octanol–water partition coefficient (Wildman–Crippen LogP) is -0.169. The van der Waals surface area contributed by atoms with Crippen LogP contribution in [0, 0.1) is 0 Å². The zero-order valence-corrected chi connectivity index (χ0v) is 10.6. The maximum absolute atomic E-state index is 11.9. The van der Waals surface area contributed by atoms with Gasteiger partial charge in [-0.3, -0.25) is 4.79 Å². The minimum Gasteiger partial charge on any atom is -0.480 e. The standard InChI is InChI=1S/C10H15N3O4S/c14-10(15)9(5-8-6-11-7-12-8)13-3-1-2-4-18(13,16)17/h6-7,9H,1-5H2,(H,11,12)(H,14,15). The molecule has 2 rings (SSSR count). The van der Waals surface area contributed by atoms with Crippen molar-refractivity contribution < 1.29 is 18.3 Å². The summed E-state index contributed by atoms with van der Waals surface area (Å²) in [6.07, 6.45) is 4.35. The maximum Gasteiger partial charge on any atom is 0.322 e. The van der Waals surface area contributed by atoms with E-state index in [0.717, 1.165) is 4.31 Å². The third kappa shape index (κ3) is 2.70. The lowest BCUT2D eigenvalue weighted by Crippen LogP contribution is -2.49. The quantitative estimate of drug-likeness (QED) is 0.792. The van der Waals surface area contributed by atoms with E-state index in [1.165, 1.54) is 12.5 Å². The number of carboxylic acid groups (broad SMARTS) is 1. The van der Waals surface area contributed by atoms with Crippen LogP contribution in [-0.2, 0) is 21.2 Å². The van der Waals surface area contributed by atoms with Crippen LogP contribution in [0.25, 0.3) is 0 Å². The molecule has 1 aliphatic heterocycles. The number of H-pyrrole nitrogens is 1. The second-order valence-corrected chi connectivity index (χ2v) is 6.31. The second-order valence-electron chi connectivity index (χ2n) is 4.27. The smallest absolute Gasteiger partial charge is 0.322 e. The van der Waals surface area contributed by atoms with Crippen molar-refractivity contribution in [1.29, 1.82) is 0 Å². The summed E-state index contributed by atoms with van der Waals surface area (Å²) in [5.41, 5.74) is 0.614. The normalized spacial score (nSPS) is 21.6. The van der Waals surface area contributed by atoms with Gasteiger partial charge < -0.3 is 10.1 Å². The van der Waals surface area contributed by atoms with Gasteiger partial charge in [-0.25, -0.2) is 13.4 Å². The van der Waals surface area contributed by atoms with E-state index in [2.05, 4.69) is 9.97 Å². The lowest BCUT2D eigenvalue weighted by molar-refractivity contribution is -0.141. The van der Waals surface area contributed by atoms with Crippen molar-refractivity contribution in [2.45, 2.75) is 25.3 Å². The Labute approximate surface area is 105 Å². The van der Waals surface area contributed by atoms with Gasteiger partial charge in [0.15, 0.2) is 0 Å². The Balaban J connectivity index is 2.22. The van der Waals surface area contributed by atoms with Crippen LogP contribution in [0.4, 0.5) is 0 Å². The minimum absolute atomic E-state index is 0.0275. The molecule has 0 amide bonds. The molecule has 1 saturated heterocycles. The number of aromatic amines is 1. The van der Waals surface area contributed by atoms with E-state index in [9.17, 15) is 18.3 Å². The van der Waals surface area contributed by atoms with Crippen molar-refractivity contribution in [3.05, 3.63) is 18.2 Å². The Hall–Kier alpha value is -1.41. The molecule has 1 aromatic rings. The minimum atomic E-state index is -3.45. The molecule has 1 aliphatic rings. The van der Waals surface area contributed by atoms with Crippen molar-refractivity contribution in [3.63, 3.8) is 0 Å². The van der Waals surface area contributed by atoms with Gasteiger partial charge in [-0.2, -0.15) is 4.31 Å². The Bertz CT molecular complexity index is 511. The van der Waals surface area contributed by atoms with Crippen LogP contribution in [0.1, 0.15) is 18.5 Å². The Morgan fingerprint density at radius 1 is 1.56 bits per heavy atom. The van der Waals surface area contributed by atoms with Crippen molar-refractivity contribution in [1.82, 2.24) is 14.3 Å². The largest absolute Gasteiger partial charge is 0.480 e. The molecule has 8 heteroatoms. The number of sulfonamides is 1. The summed E-state index contributed by atoms with van der Waals surface area (Å²) in [6.45, 7) is 0.271. The van der Waals surface area contributed by atoms with E-state index in [4.69, 9.17) is 0 Å². The fourth-order valence-electron chi connectivity index (χ4n) is 2.08. The lowest BCUT2D eigenvalue weighted by Gasteiger charge is -2.30. The number of nitrogens with one attached hydrogen (secondary N) is 1. The zero-order valence-electron chi connectivity index (χ0n) is 9.74. The number of hydrogen-bond acceptors (Lipinski definition) is 4. The van der Waals surface area contributed by atoms with Crippen LogP contribution in [-0.4, -0.2) is 52.1 Å². The predicted molar refractivity (Wildman–Crippen MR) is 63.4 cm³/mol. The van der Waals surface area contributed by atoms with E-state index < -0.39 is 22.0 Å². The zero-order chi connectivity index (χ0) is 13.2. The van der Waals surface area contributed by atoms with E-state index in [1.807, 2.05) is 0 Å². The van der Waals surface area contributed by atoms with Crippen LogP contribution in [0.5, 0.6) is 0 Å². The number of carbonyl (C=O) groups is 1. The van der Waals surface area contributed by atoms with Gasteiger partial charge in [0.05, 0.1) is 12.1 Å². The van der Waals surface area contributed by atoms with E-state index in [1.54, 1.807) is 0 Å². The van der Waals surface area contributed by atoms with E-state index >= 15 is 0 Å². The number of hydrogen-bond donors (Lipinski definition) is 2. The summed E-state index contributed by atoms with van der Waals surface area (Å²) < 4.78 is 24.9. The molecule has 100 valence electrons. The summed E-state index contributed by atoms with van der Waals surface area (Å²) >= 11 is 0. The average molecular weight is 273 g/mol.